The Balaban J connectivity index is 1.96. The van der Waals surface area contributed by atoms with Crippen LogP contribution in [0.3, 0.4) is 0 Å². The lowest BCUT2D eigenvalue weighted by atomic mass is 10.0. The summed E-state index contributed by atoms with van der Waals surface area (Å²) in [5.41, 5.74) is 6.07. The second-order valence-electron chi connectivity index (χ2n) is 6.30. The number of benzene rings is 1. The van der Waals surface area contributed by atoms with E-state index in [4.69, 9.17) is 10.5 Å². The predicted molar refractivity (Wildman–Crippen MR) is 92.0 cm³/mol. The molecule has 0 aromatic heterocycles. The molecular formula is C18H27F2N3O2. The summed E-state index contributed by atoms with van der Waals surface area (Å²) in [6.45, 7) is 4.76. The van der Waals surface area contributed by atoms with E-state index in [1.807, 2.05) is 6.92 Å². The van der Waals surface area contributed by atoms with Crippen LogP contribution in [0, 0.1) is 11.6 Å². The van der Waals surface area contributed by atoms with Gasteiger partial charge in [0.1, 0.15) is 11.6 Å². The highest BCUT2D eigenvalue weighted by Gasteiger charge is 2.28. The van der Waals surface area contributed by atoms with Gasteiger partial charge in [0.15, 0.2) is 0 Å². The molecule has 0 aliphatic carbocycles. The molecule has 5 nitrogen and oxygen atoms in total. The summed E-state index contributed by atoms with van der Waals surface area (Å²) in [5.74, 6) is -1.06. The van der Waals surface area contributed by atoms with E-state index in [1.54, 1.807) is 12.0 Å². The number of rotatable bonds is 7. The molecule has 140 valence electrons. The van der Waals surface area contributed by atoms with Crippen LogP contribution in [0.15, 0.2) is 18.2 Å². The standard InChI is InChI=1S/C18H27F2N3O2/c1-3-17(15-5-4-13(19)10-16(15)20)22-6-8-23(9-7-22)18(24)11-14(12-21)25-2/h4-5,10,14,17H,3,6-9,11-12,21H2,1-2H3. The van der Waals surface area contributed by atoms with Crippen LogP contribution in [0.2, 0.25) is 0 Å². The number of hydrogen-bond acceptors (Lipinski definition) is 4. The molecule has 0 bridgehead atoms. The van der Waals surface area contributed by atoms with Crippen LogP contribution < -0.4 is 5.73 Å². The predicted octanol–water partition coefficient (Wildman–Crippen LogP) is 1.92. The van der Waals surface area contributed by atoms with E-state index in [9.17, 15) is 13.6 Å². The highest BCUT2D eigenvalue weighted by Crippen LogP contribution is 2.28. The summed E-state index contributed by atoms with van der Waals surface area (Å²) in [7, 11) is 1.55. The van der Waals surface area contributed by atoms with Gasteiger partial charge < -0.3 is 15.4 Å². The summed E-state index contributed by atoms with van der Waals surface area (Å²) >= 11 is 0. The quantitative estimate of drug-likeness (QED) is 0.812. The molecule has 2 unspecified atom stereocenters. The van der Waals surface area contributed by atoms with Gasteiger partial charge in [0.2, 0.25) is 5.91 Å². The Labute approximate surface area is 147 Å². The molecule has 1 fully saturated rings. The first-order valence-corrected chi connectivity index (χ1v) is 8.69. The highest BCUT2D eigenvalue weighted by atomic mass is 19.1. The van der Waals surface area contributed by atoms with Gasteiger partial charge >= 0.3 is 0 Å². The van der Waals surface area contributed by atoms with Crippen molar-refractivity contribution in [2.45, 2.75) is 31.9 Å². The maximum atomic E-state index is 14.1. The van der Waals surface area contributed by atoms with E-state index in [2.05, 4.69) is 4.90 Å². The van der Waals surface area contributed by atoms with E-state index < -0.39 is 11.6 Å². The molecule has 1 aromatic carbocycles. The minimum atomic E-state index is -0.570. The molecule has 0 saturated carbocycles. The molecule has 2 N–H and O–H groups in total. The molecule has 1 aliphatic rings. The van der Waals surface area contributed by atoms with Crippen LogP contribution in [0.4, 0.5) is 8.78 Å². The first kappa shape index (κ1) is 19.8. The summed E-state index contributed by atoms with van der Waals surface area (Å²) in [4.78, 5) is 16.3. The summed E-state index contributed by atoms with van der Waals surface area (Å²) < 4.78 is 32.4. The maximum absolute atomic E-state index is 14.1. The van der Waals surface area contributed by atoms with Crippen LogP contribution in [0.25, 0.3) is 0 Å². The van der Waals surface area contributed by atoms with Crippen molar-refractivity contribution in [3.05, 3.63) is 35.4 Å². The van der Waals surface area contributed by atoms with Crippen LogP contribution in [0.1, 0.15) is 31.4 Å². The lowest BCUT2D eigenvalue weighted by Gasteiger charge is -2.39. The zero-order chi connectivity index (χ0) is 18.4. The number of nitrogens with zero attached hydrogens (tertiary/aromatic N) is 2. The summed E-state index contributed by atoms with van der Waals surface area (Å²) in [6, 6.07) is 3.61. The molecule has 0 radical (unpaired) electrons. The number of ether oxygens (including phenoxy) is 1. The lowest BCUT2D eigenvalue weighted by molar-refractivity contribution is -0.135. The van der Waals surface area contributed by atoms with Crippen molar-refractivity contribution in [2.75, 3.05) is 39.8 Å². The van der Waals surface area contributed by atoms with Gasteiger partial charge in [-0.05, 0) is 12.5 Å². The number of halogens is 2. The average Bonchev–Trinajstić information content (AvgIpc) is 2.62. The highest BCUT2D eigenvalue weighted by molar-refractivity contribution is 5.76. The van der Waals surface area contributed by atoms with Crippen molar-refractivity contribution in [3.8, 4) is 0 Å². The number of methoxy groups -OCH3 is 1. The van der Waals surface area contributed by atoms with Gasteiger partial charge in [-0.1, -0.05) is 13.0 Å². The third kappa shape index (κ3) is 4.96. The van der Waals surface area contributed by atoms with Gasteiger partial charge in [-0.3, -0.25) is 9.69 Å². The maximum Gasteiger partial charge on any atom is 0.225 e. The average molecular weight is 355 g/mol. The topological polar surface area (TPSA) is 58.8 Å². The first-order chi connectivity index (χ1) is 12.0. The fourth-order valence-corrected chi connectivity index (χ4v) is 3.32. The number of carbonyl (C=O) groups excluding carboxylic acids is 1. The van der Waals surface area contributed by atoms with Crippen molar-refractivity contribution in [1.29, 1.82) is 0 Å². The largest absolute Gasteiger partial charge is 0.380 e. The SMILES string of the molecule is CCC(c1ccc(F)cc1F)N1CCN(C(=O)CC(CN)OC)CC1. The van der Waals surface area contributed by atoms with Crippen LogP contribution in [0.5, 0.6) is 0 Å². The molecule has 1 aliphatic heterocycles. The number of hydrogen-bond donors (Lipinski definition) is 1. The van der Waals surface area contributed by atoms with E-state index >= 15 is 0 Å². The number of nitrogens with two attached hydrogens (primary N) is 1. The second-order valence-corrected chi connectivity index (χ2v) is 6.30. The van der Waals surface area contributed by atoms with E-state index in [0.29, 0.717) is 38.3 Å². The third-order valence-electron chi connectivity index (χ3n) is 4.81. The molecule has 2 rings (SSSR count). The zero-order valence-corrected chi connectivity index (χ0v) is 14.9. The lowest BCUT2D eigenvalue weighted by Crippen LogP contribution is -2.50. The smallest absolute Gasteiger partial charge is 0.225 e. The van der Waals surface area contributed by atoms with Crippen molar-refractivity contribution in [1.82, 2.24) is 9.80 Å². The molecule has 0 spiro atoms. The molecule has 1 saturated heterocycles. The fourth-order valence-electron chi connectivity index (χ4n) is 3.32. The van der Waals surface area contributed by atoms with Crippen molar-refractivity contribution < 1.29 is 18.3 Å². The normalized spacial score (nSPS) is 18.2. The van der Waals surface area contributed by atoms with Crippen LogP contribution in [-0.2, 0) is 9.53 Å². The van der Waals surface area contributed by atoms with Crippen molar-refractivity contribution in [2.24, 2.45) is 5.73 Å². The van der Waals surface area contributed by atoms with Gasteiger partial charge in [-0.2, -0.15) is 0 Å². The molecule has 1 heterocycles. The Morgan fingerprint density at radius 3 is 2.48 bits per heavy atom. The Kier molecular flexibility index (Phi) is 7.28. The summed E-state index contributed by atoms with van der Waals surface area (Å²) in [6.07, 6.45) is 0.730. The van der Waals surface area contributed by atoms with Gasteiger partial charge in [-0.25, -0.2) is 8.78 Å². The van der Waals surface area contributed by atoms with Crippen molar-refractivity contribution in [3.63, 3.8) is 0 Å². The molecule has 7 heteroatoms. The van der Waals surface area contributed by atoms with E-state index in [0.717, 1.165) is 12.5 Å². The van der Waals surface area contributed by atoms with Crippen molar-refractivity contribution >= 4 is 5.91 Å². The molecule has 25 heavy (non-hydrogen) atoms. The second kappa shape index (κ2) is 9.22. The number of amides is 1. The molecule has 1 aromatic rings. The van der Waals surface area contributed by atoms with Gasteiger partial charge in [0.05, 0.1) is 12.5 Å². The van der Waals surface area contributed by atoms with Gasteiger partial charge in [0.25, 0.3) is 0 Å². The Hall–Kier alpha value is -1.57. The van der Waals surface area contributed by atoms with Gasteiger partial charge in [0, 0.05) is 57.5 Å². The Morgan fingerprint density at radius 1 is 1.28 bits per heavy atom. The number of carbonyl (C=O) groups is 1. The Bertz CT molecular complexity index is 573. The molecule has 1 amide bonds. The Morgan fingerprint density at radius 2 is 1.96 bits per heavy atom. The molecule has 2 atom stereocenters. The van der Waals surface area contributed by atoms with E-state index in [1.165, 1.54) is 12.1 Å². The van der Waals surface area contributed by atoms with Crippen LogP contribution in [-0.4, -0.2) is 61.6 Å². The first-order valence-electron chi connectivity index (χ1n) is 8.69. The number of piperazine rings is 1. The van der Waals surface area contributed by atoms with Gasteiger partial charge in [-0.15, -0.1) is 0 Å². The molecular weight excluding hydrogens is 328 g/mol. The fraction of sp³-hybridized carbons (Fsp3) is 0.611. The van der Waals surface area contributed by atoms with E-state index in [-0.39, 0.29) is 24.5 Å². The minimum Gasteiger partial charge on any atom is -0.380 e. The van der Waals surface area contributed by atoms with Crippen LogP contribution >= 0.6 is 0 Å². The zero-order valence-electron chi connectivity index (χ0n) is 14.9. The third-order valence-corrected chi connectivity index (χ3v) is 4.81. The monoisotopic (exact) mass is 355 g/mol. The summed E-state index contributed by atoms with van der Waals surface area (Å²) in [5, 5.41) is 0. The minimum absolute atomic E-state index is 0.0259.